The van der Waals surface area contributed by atoms with Crippen molar-refractivity contribution in [2.24, 2.45) is 0 Å². The Bertz CT molecular complexity index is 702. The maximum atomic E-state index is 13.5. The van der Waals surface area contributed by atoms with E-state index < -0.39 is 11.6 Å². The number of anilines is 2. The number of aromatic nitrogens is 2. The minimum absolute atomic E-state index is 0.0650. The molecular weight excluding hydrogens is 272 g/mol. The Hall–Kier alpha value is -1.89. The van der Waals surface area contributed by atoms with E-state index in [0.29, 0.717) is 22.8 Å². The number of hydrogen-bond acceptors (Lipinski definition) is 4. The molecule has 0 bridgehead atoms. The SMILES string of the molecule is O=c1[nH]c(Nc2ccc(F)cc2F)nc2c1CSC2. The second-order valence-corrected chi connectivity index (χ2v) is 5.07. The molecule has 4 nitrogen and oxygen atoms in total. The largest absolute Gasteiger partial charge is 0.323 e. The van der Waals surface area contributed by atoms with Gasteiger partial charge in [0, 0.05) is 23.1 Å². The number of nitrogens with one attached hydrogen (secondary N) is 2. The minimum atomic E-state index is -0.738. The Labute approximate surface area is 111 Å². The van der Waals surface area contributed by atoms with Crippen molar-refractivity contribution >= 4 is 23.4 Å². The fraction of sp³-hybridized carbons (Fsp3) is 0.167. The molecule has 1 aliphatic rings. The molecule has 0 aliphatic carbocycles. The lowest BCUT2D eigenvalue weighted by Crippen LogP contribution is -2.16. The highest BCUT2D eigenvalue weighted by molar-refractivity contribution is 7.98. The summed E-state index contributed by atoms with van der Waals surface area (Å²) < 4.78 is 26.3. The number of hydrogen-bond donors (Lipinski definition) is 2. The number of halogens is 2. The van der Waals surface area contributed by atoms with Gasteiger partial charge in [-0.1, -0.05) is 0 Å². The predicted molar refractivity (Wildman–Crippen MR) is 69.5 cm³/mol. The van der Waals surface area contributed by atoms with Gasteiger partial charge in [-0.2, -0.15) is 11.8 Å². The molecule has 19 heavy (non-hydrogen) atoms. The maximum Gasteiger partial charge on any atom is 0.256 e. The van der Waals surface area contributed by atoms with E-state index in [4.69, 9.17) is 0 Å². The van der Waals surface area contributed by atoms with Crippen LogP contribution in [-0.2, 0) is 11.5 Å². The molecule has 7 heteroatoms. The van der Waals surface area contributed by atoms with Gasteiger partial charge < -0.3 is 5.32 Å². The molecule has 1 aromatic carbocycles. The predicted octanol–water partition coefficient (Wildman–Crippen LogP) is 2.54. The van der Waals surface area contributed by atoms with Crippen molar-refractivity contribution in [3.8, 4) is 0 Å². The quantitative estimate of drug-likeness (QED) is 0.888. The van der Waals surface area contributed by atoms with Crippen LogP contribution < -0.4 is 10.9 Å². The molecule has 0 radical (unpaired) electrons. The molecule has 0 amide bonds. The lowest BCUT2D eigenvalue weighted by Gasteiger charge is -2.07. The summed E-state index contributed by atoms with van der Waals surface area (Å²) in [4.78, 5) is 18.5. The van der Waals surface area contributed by atoms with Gasteiger partial charge in [-0.05, 0) is 12.1 Å². The first-order chi connectivity index (χ1) is 9.13. The molecule has 0 fully saturated rings. The van der Waals surface area contributed by atoms with Crippen molar-refractivity contribution in [1.82, 2.24) is 9.97 Å². The topological polar surface area (TPSA) is 57.8 Å². The summed E-state index contributed by atoms with van der Waals surface area (Å²) in [7, 11) is 0. The summed E-state index contributed by atoms with van der Waals surface area (Å²) in [6, 6.07) is 3.16. The lowest BCUT2D eigenvalue weighted by molar-refractivity contribution is 0.586. The van der Waals surface area contributed by atoms with Gasteiger partial charge in [0.25, 0.3) is 5.56 Å². The highest BCUT2D eigenvalue weighted by atomic mass is 32.2. The zero-order valence-corrected chi connectivity index (χ0v) is 10.5. The second-order valence-electron chi connectivity index (χ2n) is 4.08. The first-order valence-corrected chi connectivity index (χ1v) is 6.71. The van der Waals surface area contributed by atoms with E-state index in [0.717, 1.165) is 12.1 Å². The van der Waals surface area contributed by atoms with E-state index in [-0.39, 0.29) is 17.2 Å². The van der Waals surface area contributed by atoms with Crippen LogP contribution in [-0.4, -0.2) is 9.97 Å². The molecule has 0 saturated carbocycles. The molecule has 0 atom stereocenters. The van der Waals surface area contributed by atoms with E-state index in [1.807, 2.05) is 0 Å². The number of rotatable bonds is 2. The fourth-order valence-electron chi connectivity index (χ4n) is 1.84. The van der Waals surface area contributed by atoms with Gasteiger partial charge in [0.1, 0.15) is 11.6 Å². The van der Waals surface area contributed by atoms with E-state index in [1.165, 1.54) is 6.07 Å². The first kappa shape index (κ1) is 12.2. The van der Waals surface area contributed by atoms with E-state index >= 15 is 0 Å². The van der Waals surface area contributed by atoms with Gasteiger partial charge in [0.15, 0.2) is 0 Å². The molecule has 1 aromatic heterocycles. The Morgan fingerprint density at radius 3 is 2.95 bits per heavy atom. The van der Waals surface area contributed by atoms with Gasteiger partial charge in [-0.25, -0.2) is 13.8 Å². The first-order valence-electron chi connectivity index (χ1n) is 5.55. The molecular formula is C12H9F2N3OS. The number of fused-ring (bicyclic) bond motifs is 1. The Morgan fingerprint density at radius 2 is 2.16 bits per heavy atom. The van der Waals surface area contributed by atoms with Crippen LogP contribution in [0, 0.1) is 11.6 Å². The molecule has 0 unspecified atom stereocenters. The van der Waals surface area contributed by atoms with Crippen LogP contribution >= 0.6 is 11.8 Å². The van der Waals surface area contributed by atoms with Crippen LogP contribution in [0.15, 0.2) is 23.0 Å². The molecule has 2 aromatic rings. The third-order valence-corrected chi connectivity index (χ3v) is 3.74. The standard InChI is InChI=1S/C12H9F2N3OS/c13-6-1-2-9(8(14)3-6)15-12-16-10-5-19-4-7(10)11(18)17-12/h1-3H,4-5H2,(H2,15,16,17,18). The van der Waals surface area contributed by atoms with Crippen molar-refractivity contribution in [1.29, 1.82) is 0 Å². The van der Waals surface area contributed by atoms with E-state index in [2.05, 4.69) is 15.3 Å². The van der Waals surface area contributed by atoms with Crippen LogP contribution in [0.5, 0.6) is 0 Å². The van der Waals surface area contributed by atoms with Crippen LogP contribution in [0.2, 0.25) is 0 Å². The third-order valence-electron chi connectivity index (χ3n) is 2.77. The number of nitrogens with zero attached hydrogens (tertiary/aromatic N) is 1. The summed E-state index contributed by atoms with van der Waals surface area (Å²) in [5.74, 6) is 0.0759. The summed E-state index contributed by atoms with van der Waals surface area (Å²) in [6.45, 7) is 0. The van der Waals surface area contributed by atoms with Gasteiger partial charge in [0.2, 0.25) is 5.95 Å². The van der Waals surface area contributed by atoms with Gasteiger partial charge in [-0.3, -0.25) is 9.78 Å². The van der Waals surface area contributed by atoms with Crippen LogP contribution in [0.3, 0.4) is 0 Å². The number of thioether (sulfide) groups is 1. The molecule has 2 heterocycles. The molecule has 98 valence electrons. The van der Waals surface area contributed by atoms with Crippen molar-refractivity contribution in [3.05, 3.63) is 51.4 Å². The van der Waals surface area contributed by atoms with E-state index in [9.17, 15) is 13.6 Å². The summed E-state index contributed by atoms with van der Waals surface area (Å²) >= 11 is 1.60. The van der Waals surface area contributed by atoms with Crippen LogP contribution in [0.25, 0.3) is 0 Å². The molecule has 1 aliphatic heterocycles. The minimum Gasteiger partial charge on any atom is -0.323 e. The zero-order valence-electron chi connectivity index (χ0n) is 9.67. The molecule has 3 rings (SSSR count). The number of benzene rings is 1. The van der Waals surface area contributed by atoms with Gasteiger partial charge in [0.05, 0.1) is 11.4 Å². The fourth-order valence-corrected chi connectivity index (χ4v) is 2.88. The average Bonchev–Trinajstić information content (AvgIpc) is 2.81. The molecule has 0 saturated heterocycles. The van der Waals surface area contributed by atoms with Crippen LogP contribution in [0.1, 0.15) is 11.3 Å². The Morgan fingerprint density at radius 1 is 1.32 bits per heavy atom. The van der Waals surface area contributed by atoms with Crippen molar-refractivity contribution < 1.29 is 8.78 Å². The number of H-pyrrole nitrogens is 1. The Kier molecular flexibility index (Phi) is 2.98. The number of aromatic amines is 1. The summed E-state index contributed by atoms with van der Waals surface area (Å²) in [5, 5.41) is 2.65. The monoisotopic (exact) mass is 281 g/mol. The second kappa shape index (κ2) is 4.65. The highest BCUT2D eigenvalue weighted by Crippen LogP contribution is 2.26. The van der Waals surface area contributed by atoms with Crippen molar-refractivity contribution in [3.63, 3.8) is 0 Å². The van der Waals surface area contributed by atoms with E-state index in [1.54, 1.807) is 11.8 Å². The smallest absolute Gasteiger partial charge is 0.256 e. The summed E-state index contributed by atoms with van der Waals surface area (Å²) in [5.41, 5.74) is 1.21. The third kappa shape index (κ3) is 2.33. The average molecular weight is 281 g/mol. The molecule has 0 spiro atoms. The van der Waals surface area contributed by atoms with Gasteiger partial charge in [-0.15, -0.1) is 0 Å². The maximum absolute atomic E-state index is 13.5. The lowest BCUT2D eigenvalue weighted by atomic mass is 10.3. The highest BCUT2D eigenvalue weighted by Gasteiger charge is 2.18. The summed E-state index contributed by atoms with van der Waals surface area (Å²) in [6.07, 6.45) is 0. The van der Waals surface area contributed by atoms with Crippen molar-refractivity contribution in [2.75, 3.05) is 5.32 Å². The molecule has 2 N–H and O–H groups in total. The van der Waals surface area contributed by atoms with Gasteiger partial charge >= 0.3 is 0 Å². The van der Waals surface area contributed by atoms with Crippen LogP contribution in [0.4, 0.5) is 20.4 Å². The Balaban J connectivity index is 1.96. The zero-order chi connectivity index (χ0) is 13.4. The van der Waals surface area contributed by atoms with Crippen molar-refractivity contribution in [2.45, 2.75) is 11.5 Å². The normalized spacial score (nSPS) is 13.4.